The molecule has 0 aromatic heterocycles. The summed E-state index contributed by atoms with van der Waals surface area (Å²) in [6.07, 6.45) is 2.05. The summed E-state index contributed by atoms with van der Waals surface area (Å²) in [5.41, 5.74) is 1.78. The molecule has 0 spiro atoms. The summed E-state index contributed by atoms with van der Waals surface area (Å²) in [6, 6.07) is 11.3. The van der Waals surface area contributed by atoms with Crippen molar-refractivity contribution in [1.82, 2.24) is 9.80 Å². The number of likely N-dealkylation sites (tertiary alicyclic amines) is 1. The van der Waals surface area contributed by atoms with Crippen LogP contribution >= 0.6 is 0 Å². The van der Waals surface area contributed by atoms with Crippen LogP contribution in [0.5, 0.6) is 0 Å². The fourth-order valence-corrected chi connectivity index (χ4v) is 4.13. The molecule has 2 aromatic carbocycles. The van der Waals surface area contributed by atoms with Gasteiger partial charge in [0.15, 0.2) is 0 Å². The van der Waals surface area contributed by atoms with E-state index in [4.69, 9.17) is 0 Å². The first-order valence-electron chi connectivity index (χ1n) is 10.8. The fourth-order valence-electron chi connectivity index (χ4n) is 4.13. The molecule has 2 aliphatic heterocycles. The number of carbonyl (C=O) groups is 2. The number of hydrogen-bond donors (Lipinski definition) is 1. The number of amides is 2. The first-order chi connectivity index (χ1) is 15.4. The van der Waals surface area contributed by atoms with Crippen LogP contribution in [0.2, 0.25) is 0 Å². The molecule has 0 unspecified atom stereocenters. The van der Waals surface area contributed by atoms with Gasteiger partial charge in [0.2, 0.25) is 0 Å². The van der Waals surface area contributed by atoms with E-state index >= 15 is 0 Å². The van der Waals surface area contributed by atoms with Crippen LogP contribution in [-0.2, 0) is 0 Å². The van der Waals surface area contributed by atoms with Crippen molar-refractivity contribution in [3.8, 4) is 0 Å². The summed E-state index contributed by atoms with van der Waals surface area (Å²) < 4.78 is 0. The maximum atomic E-state index is 12.7. The molecule has 2 aromatic rings. The van der Waals surface area contributed by atoms with Gasteiger partial charge in [0, 0.05) is 62.1 Å². The highest BCUT2D eigenvalue weighted by Gasteiger charge is 2.24. The first-order valence-corrected chi connectivity index (χ1v) is 10.8. The molecule has 2 fully saturated rings. The van der Waals surface area contributed by atoms with Gasteiger partial charge in [0.25, 0.3) is 17.5 Å². The van der Waals surface area contributed by atoms with Gasteiger partial charge in [-0.15, -0.1) is 0 Å². The van der Waals surface area contributed by atoms with E-state index in [-0.39, 0.29) is 17.2 Å². The fraction of sp³-hybridized carbons (Fsp3) is 0.391. The second-order valence-corrected chi connectivity index (χ2v) is 8.28. The molecule has 1 N–H and O–H groups in total. The summed E-state index contributed by atoms with van der Waals surface area (Å²) in [5.74, 6) is -0.438. The van der Waals surface area contributed by atoms with Gasteiger partial charge in [-0.3, -0.25) is 19.7 Å². The van der Waals surface area contributed by atoms with E-state index in [1.807, 2.05) is 16.8 Å². The normalized spacial score (nSPS) is 16.8. The Morgan fingerprint density at radius 3 is 2.16 bits per heavy atom. The molecule has 2 amide bonds. The van der Waals surface area contributed by atoms with Gasteiger partial charge in [-0.1, -0.05) is 0 Å². The molecule has 0 radical (unpaired) electrons. The first kappa shape index (κ1) is 21.8. The number of nitrogens with zero attached hydrogens (tertiary/aromatic N) is 4. The summed E-state index contributed by atoms with van der Waals surface area (Å²) >= 11 is 0. The predicted molar refractivity (Wildman–Crippen MR) is 122 cm³/mol. The van der Waals surface area contributed by atoms with Crippen molar-refractivity contribution in [3.63, 3.8) is 0 Å². The number of nitro benzene ring substituents is 1. The molecule has 32 heavy (non-hydrogen) atoms. The molecular formula is C23H27N5O4. The average molecular weight is 438 g/mol. The zero-order chi connectivity index (χ0) is 22.7. The minimum atomic E-state index is -0.441. The Balaban J connectivity index is 1.46. The third-order valence-electron chi connectivity index (χ3n) is 6.06. The van der Waals surface area contributed by atoms with Crippen LogP contribution in [0.25, 0.3) is 0 Å². The number of anilines is 2. The van der Waals surface area contributed by atoms with Gasteiger partial charge in [-0.2, -0.15) is 0 Å². The van der Waals surface area contributed by atoms with Crippen LogP contribution in [0.4, 0.5) is 17.1 Å². The maximum Gasteiger partial charge on any atom is 0.293 e. The number of likely N-dealkylation sites (N-methyl/N-ethyl adjacent to an activating group) is 1. The summed E-state index contributed by atoms with van der Waals surface area (Å²) in [7, 11) is 2.02. The SMILES string of the molecule is CN1CCN(c2ccc(C(=O)Nc3ccc(C(=O)N4CCCC4)cc3)cc2[N+](=O)[O-])CC1. The lowest BCUT2D eigenvalue weighted by molar-refractivity contribution is -0.384. The number of nitrogens with one attached hydrogen (secondary N) is 1. The Labute approximate surface area is 186 Å². The Hall–Kier alpha value is -3.46. The lowest BCUT2D eigenvalue weighted by Crippen LogP contribution is -2.44. The third kappa shape index (κ3) is 4.72. The lowest BCUT2D eigenvalue weighted by atomic mass is 10.1. The number of nitro groups is 1. The minimum Gasteiger partial charge on any atom is -0.363 e. The van der Waals surface area contributed by atoms with Gasteiger partial charge in [0.1, 0.15) is 5.69 Å². The van der Waals surface area contributed by atoms with Gasteiger partial charge in [-0.25, -0.2) is 0 Å². The minimum absolute atomic E-state index is 0.00417. The molecule has 0 saturated carbocycles. The molecule has 0 atom stereocenters. The Morgan fingerprint density at radius 2 is 1.53 bits per heavy atom. The number of benzene rings is 2. The monoisotopic (exact) mass is 437 g/mol. The molecule has 0 bridgehead atoms. The van der Waals surface area contributed by atoms with Gasteiger partial charge in [0.05, 0.1) is 4.92 Å². The van der Waals surface area contributed by atoms with E-state index in [1.54, 1.807) is 36.4 Å². The molecule has 2 saturated heterocycles. The zero-order valence-corrected chi connectivity index (χ0v) is 18.1. The highest BCUT2D eigenvalue weighted by molar-refractivity contribution is 6.05. The van der Waals surface area contributed by atoms with Crippen LogP contribution in [0.15, 0.2) is 42.5 Å². The summed E-state index contributed by atoms with van der Waals surface area (Å²) in [6.45, 7) is 4.61. The van der Waals surface area contributed by atoms with E-state index < -0.39 is 10.8 Å². The summed E-state index contributed by atoms with van der Waals surface area (Å²) in [4.78, 5) is 42.4. The second-order valence-electron chi connectivity index (χ2n) is 8.28. The van der Waals surface area contributed by atoms with Crippen molar-refractivity contribution in [2.24, 2.45) is 0 Å². The quantitative estimate of drug-likeness (QED) is 0.571. The van der Waals surface area contributed by atoms with Gasteiger partial charge >= 0.3 is 0 Å². The molecule has 9 heteroatoms. The standard InChI is InChI=1S/C23H27N5O4/c1-25-12-14-26(15-13-25)20-9-6-18(16-21(20)28(31)32)22(29)24-19-7-4-17(5-8-19)23(30)27-10-2-3-11-27/h4-9,16H,2-3,10-15H2,1H3,(H,24,29). The molecule has 4 rings (SSSR count). The Bertz CT molecular complexity index is 1010. The highest BCUT2D eigenvalue weighted by atomic mass is 16.6. The van der Waals surface area contributed by atoms with Crippen molar-refractivity contribution in [2.45, 2.75) is 12.8 Å². The maximum absolute atomic E-state index is 12.7. The number of hydrogen-bond acceptors (Lipinski definition) is 6. The smallest absolute Gasteiger partial charge is 0.293 e. The van der Waals surface area contributed by atoms with Crippen LogP contribution in [0.3, 0.4) is 0 Å². The average Bonchev–Trinajstić information content (AvgIpc) is 3.34. The van der Waals surface area contributed by atoms with E-state index in [0.29, 0.717) is 30.0 Å². The van der Waals surface area contributed by atoms with E-state index in [0.717, 1.165) is 39.0 Å². The van der Waals surface area contributed by atoms with Crippen LogP contribution in [0, 0.1) is 10.1 Å². The van der Waals surface area contributed by atoms with E-state index in [2.05, 4.69) is 10.2 Å². The lowest BCUT2D eigenvalue weighted by Gasteiger charge is -2.33. The van der Waals surface area contributed by atoms with Gasteiger partial charge < -0.3 is 20.0 Å². The molecule has 0 aliphatic carbocycles. The molecule has 2 aliphatic rings. The van der Waals surface area contributed by atoms with Crippen molar-refractivity contribution in [1.29, 1.82) is 0 Å². The zero-order valence-electron chi connectivity index (χ0n) is 18.1. The second kappa shape index (κ2) is 9.35. The topological polar surface area (TPSA) is 99.0 Å². The summed E-state index contributed by atoms with van der Waals surface area (Å²) in [5, 5.41) is 14.4. The van der Waals surface area contributed by atoms with Crippen molar-refractivity contribution < 1.29 is 14.5 Å². The molecule has 2 heterocycles. The van der Waals surface area contributed by atoms with Gasteiger partial charge in [-0.05, 0) is 56.3 Å². The molecule has 168 valence electrons. The van der Waals surface area contributed by atoms with Crippen LogP contribution in [-0.4, -0.2) is 72.9 Å². The van der Waals surface area contributed by atoms with Crippen molar-refractivity contribution >= 4 is 28.9 Å². The van der Waals surface area contributed by atoms with E-state index in [9.17, 15) is 19.7 Å². The number of carbonyl (C=O) groups excluding carboxylic acids is 2. The largest absolute Gasteiger partial charge is 0.363 e. The molecule has 9 nitrogen and oxygen atoms in total. The van der Waals surface area contributed by atoms with Crippen molar-refractivity contribution in [2.75, 3.05) is 56.5 Å². The Morgan fingerprint density at radius 1 is 0.906 bits per heavy atom. The Kier molecular flexibility index (Phi) is 6.36. The van der Waals surface area contributed by atoms with E-state index in [1.165, 1.54) is 6.07 Å². The third-order valence-corrected chi connectivity index (χ3v) is 6.06. The van der Waals surface area contributed by atoms with Crippen molar-refractivity contribution in [3.05, 3.63) is 63.7 Å². The van der Waals surface area contributed by atoms with Crippen LogP contribution in [0.1, 0.15) is 33.6 Å². The highest BCUT2D eigenvalue weighted by Crippen LogP contribution is 2.30. The predicted octanol–water partition coefficient (Wildman–Crippen LogP) is 2.83. The van der Waals surface area contributed by atoms with Crippen LogP contribution < -0.4 is 10.2 Å². The molecular weight excluding hydrogens is 410 g/mol. The number of piperazine rings is 1. The number of rotatable bonds is 5.